The smallest absolute Gasteiger partial charge is 0.504 e. The van der Waals surface area contributed by atoms with Crippen molar-refractivity contribution in [1.82, 2.24) is 0 Å². The maximum Gasteiger partial charge on any atom is 0.504 e. The van der Waals surface area contributed by atoms with E-state index in [-0.39, 0.29) is 7.69 Å². The van der Waals surface area contributed by atoms with Crippen LogP contribution in [0.1, 0.15) is 5.56 Å². The zero-order valence-corrected chi connectivity index (χ0v) is 7.54. The van der Waals surface area contributed by atoms with Gasteiger partial charge >= 0.3 is 7.69 Å². The van der Waals surface area contributed by atoms with Gasteiger partial charge in [0.2, 0.25) is 0 Å². The summed E-state index contributed by atoms with van der Waals surface area (Å²) in [5.74, 6) is 0.692. The van der Waals surface area contributed by atoms with E-state index in [4.69, 9.17) is 9.68 Å². The summed E-state index contributed by atoms with van der Waals surface area (Å²) in [7, 11) is -0.270. The lowest BCUT2D eigenvalue weighted by Crippen LogP contribution is -1.99. The first-order valence-electron chi connectivity index (χ1n) is 3.25. The standard InChI is InChI=1S/C7H8BBrO2/c9-5-6-1-3-7(4-2-6)11-8-10/h1-4,8,10H,5H2. The highest BCUT2D eigenvalue weighted by Gasteiger charge is 1.92. The molecule has 2 nitrogen and oxygen atoms in total. The van der Waals surface area contributed by atoms with Gasteiger partial charge in [-0.05, 0) is 17.7 Å². The van der Waals surface area contributed by atoms with Gasteiger partial charge in [0.1, 0.15) is 5.75 Å². The summed E-state index contributed by atoms with van der Waals surface area (Å²) in [6.07, 6.45) is 0. The average Bonchev–Trinajstić information content (AvgIpc) is 2.07. The van der Waals surface area contributed by atoms with Crippen LogP contribution >= 0.6 is 15.9 Å². The van der Waals surface area contributed by atoms with Crippen LogP contribution < -0.4 is 4.65 Å². The van der Waals surface area contributed by atoms with Crippen molar-refractivity contribution in [3.63, 3.8) is 0 Å². The molecule has 0 aromatic heterocycles. The Bertz CT molecular complexity index is 212. The fraction of sp³-hybridized carbons (Fsp3) is 0.143. The third-order valence-corrected chi connectivity index (χ3v) is 1.96. The van der Waals surface area contributed by atoms with E-state index >= 15 is 0 Å². The van der Waals surface area contributed by atoms with Crippen molar-refractivity contribution < 1.29 is 9.68 Å². The van der Waals surface area contributed by atoms with Gasteiger partial charge in [-0.25, -0.2) is 0 Å². The minimum absolute atomic E-state index is 0.270. The number of hydrogen-bond acceptors (Lipinski definition) is 2. The first-order chi connectivity index (χ1) is 5.36. The molecule has 0 heterocycles. The summed E-state index contributed by atoms with van der Waals surface area (Å²) in [5, 5.41) is 9.25. The van der Waals surface area contributed by atoms with Gasteiger partial charge < -0.3 is 9.68 Å². The van der Waals surface area contributed by atoms with Gasteiger partial charge in [0.05, 0.1) is 0 Å². The van der Waals surface area contributed by atoms with Gasteiger partial charge in [-0.1, -0.05) is 28.1 Å². The lowest BCUT2D eigenvalue weighted by atomic mass is 10.2. The van der Waals surface area contributed by atoms with Crippen molar-refractivity contribution in [2.45, 2.75) is 5.33 Å². The SMILES string of the molecule is OBOc1ccc(CBr)cc1. The third kappa shape index (κ3) is 2.56. The van der Waals surface area contributed by atoms with Crippen LogP contribution in [0.15, 0.2) is 24.3 Å². The molecule has 0 atom stereocenters. The van der Waals surface area contributed by atoms with E-state index in [1.54, 1.807) is 0 Å². The molecular formula is C7H8BBrO2. The summed E-state index contributed by atoms with van der Waals surface area (Å²) in [6.45, 7) is 0. The van der Waals surface area contributed by atoms with Crippen LogP contribution in [-0.2, 0) is 5.33 Å². The molecule has 4 heteroatoms. The second-order valence-electron chi connectivity index (χ2n) is 2.05. The molecule has 0 aliphatic carbocycles. The van der Waals surface area contributed by atoms with Crippen molar-refractivity contribution in [2.75, 3.05) is 0 Å². The molecule has 0 unspecified atom stereocenters. The largest absolute Gasteiger partial charge is 0.539 e. The molecular weight excluding hydrogens is 207 g/mol. The lowest BCUT2D eigenvalue weighted by Gasteiger charge is -2.01. The maximum absolute atomic E-state index is 8.41. The highest BCUT2D eigenvalue weighted by atomic mass is 79.9. The van der Waals surface area contributed by atoms with Crippen molar-refractivity contribution in [3.8, 4) is 5.75 Å². The minimum atomic E-state index is -0.270. The van der Waals surface area contributed by atoms with E-state index in [9.17, 15) is 0 Å². The number of hydrogen-bond donors (Lipinski definition) is 1. The van der Waals surface area contributed by atoms with Gasteiger partial charge in [0.15, 0.2) is 0 Å². The summed E-state index contributed by atoms with van der Waals surface area (Å²) in [6, 6.07) is 7.54. The van der Waals surface area contributed by atoms with Gasteiger partial charge in [0.25, 0.3) is 0 Å². The summed E-state index contributed by atoms with van der Waals surface area (Å²) in [4.78, 5) is 0. The van der Waals surface area contributed by atoms with Crippen molar-refractivity contribution >= 4 is 23.6 Å². The monoisotopic (exact) mass is 214 g/mol. The van der Waals surface area contributed by atoms with Crippen LogP contribution in [0.25, 0.3) is 0 Å². The lowest BCUT2D eigenvalue weighted by molar-refractivity contribution is 0.454. The molecule has 0 amide bonds. The second kappa shape index (κ2) is 4.41. The van der Waals surface area contributed by atoms with E-state index in [0.717, 1.165) is 5.33 Å². The Morgan fingerprint density at radius 1 is 1.36 bits per heavy atom. The van der Waals surface area contributed by atoms with Crippen LogP contribution in [0, 0.1) is 0 Å². The highest BCUT2D eigenvalue weighted by Crippen LogP contribution is 2.13. The third-order valence-electron chi connectivity index (χ3n) is 1.31. The Balaban J connectivity index is 2.66. The van der Waals surface area contributed by atoms with Gasteiger partial charge in [0, 0.05) is 5.33 Å². The molecule has 1 aromatic rings. The Hall–Kier alpha value is -0.475. The predicted molar refractivity (Wildman–Crippen MR) is 49.1 cm³/mol. The van der Waals surface area contributed by atoms with Crippen LogP contribution in [0.4, 0.5) is 0 Å². The first-order valence-corrected chi connectivity index (χ1v) is 4.37. The molecule has 0 radical (unpaired) electrons. The number of halogens is 1. The fourth-order valence-corrected chi connectivity index (χ4v) is 1.12. The van der Waals surface area contributed by atoms with Crippen LogP contribution in [0.2, 0.25) is 0 Å². The molecule has 58 valence electrons. The van der Waals surface area contributed by atoms with Gasteiger partial charge in [-0.2, -0.15) is 0 Å². The molecule has 0 bridgehead atoms. The van der Waals surface area contributed by atoms with E-state index in [1.807, 2.05) is 24.3 Å². The second-order valence-corrected chi connectivity index (χ2v) is 2.61. The molecule has 1 aromatic carbocycles. The Morgan fingerprint density at radius 2 is 2.00 bits per heavy atom. The van der Waals surface area contributed by atoms with Gasteiger partial charge in [-0.15, -0.1) is 0 Å². The molecule has 0 saturated carbocycles. The van der Waals surface area contributed by atoms with Crippen LogP contribution in [0.5, 0.6) is 5.75 Å². The highest BCUT2D eigenvalue weighted by molar-refractivity contribution is 9.08. The zero-order chi connectivity index (χ0) is 8.10. The first kappa shape index (κ1) is 8.62. The predicted octanol–water partition coefficient (Wildman–Crippen LogP) is 1.22. The molecule has 11 heavy (non-hydrogen) atoms. The maximum atomic E-state index is 8.41. The Kier molecular flexibility index (Phi) is 3.46. The van der Waals surface area contributed by atoms with Crippen molar-refractivity contribution in [3.05, 3.63) is 29.8 Å². The molecule has 0 fully saturated rings. The number of rotatable bonds is 3. The molecule has 1 N–H and O–H groups in total. The summed E-state index contributed by atoms with van der Waals surface area (Å²) in [5.41, 5.74) is 1.19. The average molecular weight is 215 g/mol. The summed E-state index contributed by atoms with van der Waals surface area (Å²) < 4.78 is 4.85. The molecule has 0 aliphatic heterocycles. The topological polar surface area (TPSA) is 29.5 Å². The van der Waals surface area contributed by atoms with E-state index in [0.29, 0.717) is 5.75 Å². The molecule has 0 aliphatic rings. The Morgan fingerprint density at radius 3 is 2.45 bits per heavy atom. The summed E-state index contributed by atoms with van der Waals surface area (Å²) >= 11 is 3.33. The van der Waals surface area contributed by atoms with Crippen LogP contribution in [0.3, 0.4) is 0 Å². The van der Waals surface area contributed by atoms with E-state index in [1.165, 1.54) is 5.56 Å². The molecule has 0 saturated heterocycles. The Labute approximate surface area is 74.6 Å². The molecule has 0 spiro atoms. The molecule has 1 rings (SSSR count). The van der Waals surface area contributed by atoms with E-state index < -0.39 is 0 Å². The van der Waals surface area contributed by atoms with E-state index in [2.05, 4.69) is 15.9 Å². The van der Waals surface area contributed by atoms with Crippen molar-refractivity contribution in [2.24, 2.45) is 0 Å². The number of alkyl halides is 1. The normalized spacial score (nSPS) is 9.27. The zero-order valence-electron chi connectivity index (χ0n) is 5.96. The number of benzene rings is 1. The van der Waals surface area contributed by atoms with Gasteiger partial charge in [-0.3, -0.25) is 0 Å². The minimum Gasteiger partial charge on any atom is -0.539 e. The van der Waals surface area contributed by atoms with Crippen LogP contribution in [-0.4, -0.2) is 12.7 Å². The van der Waals surface area contributed by atoms with Crippen molar-refractivity contribution in [1.29, 1.82) is 0 Å². The quantitative estimate of drug-likeness (QED) is 0.606. The fourth-order valence-electron chi connectivity index (χ4n) is 0.749.